The maximum absolute atomic E-state index is 13.4. The molecule has 0 spiro atoms. The van der Waals surface area contributed by atoms with Crippen LogP contribution in [-0.2, 0) is 0 Å². The normalized spacial score (nSPS) is 13.5. The van der Waals surface area contributed by atoms with Gasteiger partial charge in [0, 0.05) is 23.7 Å². The van der Waals surface area contributed by atoms with Gasteiger partial charge in [0.25, 0.3) is 5.91 Å². The van der Waals surface area contributed by atoms with Gasteiger partial charge in [0.2, 0.25) is 5.96 Å². The SMILES string of the molecule is CC(C)N/C(=N/C(=O)c1cccc(C#N)c1)NC(N)CC(N)c1cc(F)cc(F)c1. The van der Waals surface area contributed by atoms with E-state index < -0.39 is 29.7 Å². The van der Waals surface area contributed by atoms with Crippen LogP contribution in [0.15, 0.2) is 47.5 Å². The molecule has 0 saturated carbocycles. The Morgan fingerprint density at radius 2 is 1.80 bits per heavy atom. The van der Waals surface area contributed by atoms with Gasteiger partial charge in [-0.25, -0.2) is 8.78 Å². The van der Waals surface area contributed by atoms with Crippen molar-refractivity contribution in [3.63, 3.8) is 0 Å². The molecule has 6 N–H and O–H groups in total. The molecule has 0 bridgehead atoms. The van der Waals surface area contributed by atoms with Gasteiger partial charge >= 0.3 is 0 Å². The molecular formula is C21H24F2N6O. The standard InChI is InChI=1S/C21H24F2N6O/c1-12(2)27-21(29-20(30)14-5-3-4-13(6-14)11-24)28-19(26)10-18(25)15-7-16(22)9-17(23)8-15/h3-9,12,18-19H,10,25-26H2,1-2H3,(H2,27,28,29,30). The minimum Gasteiger partial charge on any atom is -0.354 e. The number of aliphatic imine (C=N–C) groups is 1. The van der Waals surface area contributed by atoms with Gasteiger partial charge in [-0.3, -0.25) is 4.79 Å². The van der Waals surface area contributed by atoms with Crippen molar-refractivity contribution in [3.05, 3.63) is 70.8 Å². The predicted molar refractivity (Wildman–Crippen MR) is 110 cm³/mol. The van der Waals surface area contributed by atoms with E-state index in [9.17, 15) is 13.6 Å². The fraction of sp³-hybridized carbons (Fsp3) is 0.286. The largest absolute Gasteiger partial charge is 0.354 e. The summed E-state index contributed by atoms with van der Waals surface area (Å²) < 4.78 is 26.8. The van der Waals surface area contributed by atoms with E-state index in [0.717, 1.165) is 18.2 Å². The number of hydrogen-bond acceptors (Lipinski definition) is 4. The predicted octanol–water partition coefficient (Wildman–Crippen LogP) is 2.30. The summed E-state index contributed by atoms with van der Waals surface area (Å²) in [5.74, 6) is -1.89. The van der Waals surface area contributed by atoms with Crippen LogP contribution in [0.4, 0.5) is 8.78 Å². The average molecular weight is 414 g/mol. The highest BCUT2D eigenvalue weighted by molar-refractivity contribution is 6.02. The van der Waals surface area contributed by atoms with Crippen LogP contribution in [-0.4, -0.2) is 24.1 Å². The van der Waals surface area contributed by atoms with Crippen LogP contribution in [0.1, 0.15) is 47.8 Å². The lowest BCUT2D eigenvalue weighted by molar-refractivity contribution is 0.100. The average Bonchev–Trinajstić information content (AvgIpc) is 2.66. The quantitative estimate of drug-likeness (QED) is 0.326. The molecule has 2 rings (SSSR count). The number of guanidine groups is 1. The highest BCUT2D eigenvalue weighted by atomic mass is 19.1. The lowest BCUT2D eigenvalue weighted by Gasteiger charge is -2.22. The van der Waals surface area contributed by atoms with E-state index in [1.165, 1.54) is 6.07 Å². The van der Waals surface area contributed by atoms with Crippen LogP contribution >= 0.6 is 0 Å². The monoisotopic (exact) mass is 414 g/mol. The summed E-state index contributed by atoms with van der Waals surface area (Å²) in [6.45, 7) is 3.70. The highest BCUT2D eigenvalue weighted by Gasteiger charge is 2.16. The zero-order valence-corrected chi connectivity index (χ0v) is 16.7. The van der Waals surface area contributed by atoms with Gasteiger partial charge in [0.15, 0.2) is 0 Å². The third-order valence-corrected chi connectivity index (χ3v) is 4.02. The van der Waals surface area contributed by atoms with Crippen molar-refractivity contribution in [2.75, 3.05) is 0 Å². The molecule has 0 aliphatic carbocycles. The smallest absolute Gasteiger partial charge is 0.280 e. The lowest BCUT2D eigenvalue weighted by atomic mass is 10.0. The van der Waals surface area contributed by atoms with E-state index in [-0.39, 0.29) is 29.5 Å². The molecule has 9 heteroatoms. The van der Waals surface area contributed by atoms with Crippen molar-refractivity contribution in [1.29, 1.82) is 5.26 Å². The van der Waals surface area contributed by atoms with Gasteiger partial charge in [-0.2, -0.15) is 10.3 Å². The molecule has 2 aromatic rings. The van der Waals surface area contributed by atoms with Crippen molar-refractivity contribution in [2.45, 2.75) is 38.5 Å². The fourth-order valence-electron chi connectivity index (χ4n) is 2.70. The Labute approximate surface area is 173 Å². The number of nitriles is 1. The molecule has 2 aromatic carbocycles. The molecule has 0 aliphatic rings. The van der Waals surface area contributed by atoms with Crippen molar-refractivity contribution in [1.82, 2.24) is 10.6 Å². The van der Waals surface area contributed by atoms with Crippen molar-refractivity contribution < 1.29 is 13.6 Å². The molecule has 0 saturated heterocycles. The van der Waals surface area contributed by atoms with Crippen LogP contribution in [0.5, 0.6) is 0 Å². The van der Waals surface area contributed by atoms with Crippen LogP contribution < -0.4 is 22.1 Å². The number of hydrogen-bond donors (Lipinski definition) is 4. The first kappa shape index (κ1) is 22.9. The molecule has 2 unspecified atom stereocenters. The topological polar surface area (TPSA) is 129 Å². The molecule has 1 amide bonds. The van der Waals surface area contributed by atoms with E-state index in [1.807, 2.05) is 19.9 Å². The summed E-state index contributed by atoms with van der Waals surface area (Å²) in [5, 5.41) is 14.8. The first-order valence-corrected chi connectivity index (χ1v) is 9.31. The molecule has 0 fully saturated rings. The Balaban J connectivity index is 2.13. The molecule has 2 atom stereocenters. The molecule has 0 radical (unpaired) electrons. The van der Waals surface area contributed by atoms with E-state index >= 15 is 0 Å². The summed E-state index contributed by atoms with van der Waals surface area (Å²) in [7, 11) is 0. The Kier molecular flexibility index (Phi) is 7.98. The third kappa shape index (κ3) is 6.92. The number of halogens is 2. The van der Waals surface area contributed by atoms with Crippen molar-refractivity contribution >= 4 is 11.9 Å². The molecular weight excluding hydrogens is 390 g/mol. The van der Waals surface area contributed by atoms with Crippen LogP contribution in [0, 0.1) is 23.0 Å². The minimum absolute atomic E-state index is 0.0623. The van der Waals surface area contributed by atoms with E-state index in [4.69, 9.17) is 16.7 Å². The van der Waals surface area contributed by atoms with Gasteiger partial charge in [0.05, 0.1) is 17.8 Å². The first-order chi connectivity index (χ1) is 14.2. The number of nitrogens with two attached hydrogens (primary N) is 2. The first-order valence-electron chi connectivity index (χ1n) is 9.31. The molecule has 0 heterocycles. The Morgan fingerprint density at radius 1 is 1.13 bits per heavy atom. The maximum atomic E-state index is 13.4. The zero-order valence-electron chi connectivity index (χ0n) is 16.7. The van der Waals surface area contributed by atoms with Crippen LogP contribution in [0.3, 0.4) is 0 Å². The van der Waals surface area contributed by atoms with Crippen LogP contribution in [0.25, 0.3) is 0 Å². The van der Waals surface area contributed by atoms with Gasteiger partial charge in [-0.15, -0.1) is 0 Å². The van der Waals surface area contributed by atoms with Gasteiger partial charge < -0.3 is 22.1 Å². The third-order valence-electron chi connectivity index (χ3n) is 4.02. The number of benzene rings is 2. The number of nitrogens with one attached hydrogen (secondary N) is 2. The Morgan fingerprint density at radius 3 is 2.40 bits per heavy atom. The zero-order chi connectivity index (χ0) is 22.3. The number of rotatable bonds is 6. The number of amides is 1. The van der Waals surface area contributed by atoms with Gasteiger partial charge in [0.1, 0.15) is 11.6 Å². The summed E-state index contributed by atoms with van der Waals surface area (Å²) in [6.07, 6.45) is -0.630. The van der Waals surface area contributed by atoms with Gasteiger partial charge in [-0.1, -0.05) is 6.07 Å². The van der Waals surface area contributed by atoms with E-state index in [2.05, 4.69) is 15.6 Å². The summed E-state index contributed by atoms with van der Waals surface area (Å²) in [5.41, 5.74) is 13.0. The van der Waals surface area contributed by atoms with Crippen molar-refractivity contribution in [3.8, 4) is 6.07 Å². The second-order valence-corrected chi connectivity index (χ2v) is 7.05. The van der Waals surface area contributed by atoms with Crippen molar-refractivity contribution in [2.24, 2.45) is 16.5 Å². The summed E-state index contributed by atoms with van der Waals surface area (Å²) in [4.78, 5) is 16.5. The number of carbonyl (C=O) groups excluding carboxylic acids is 1. The Bertz CT molecular complexity index is 950. The molecule has 0 aliphatic heterocycles. The van der Waals surface area contributed by atoms with E-state index in [0.29, 0.717) is 5.56 Å². The highest BCUT2D eigenvalue weighted by Crippen LogP contribution is 2.17. The lowest BCUT2D eigenvalue weighted by Crippen LogP contribution is -2.50. The molecule has 7 nitrogen and oxygen atoms in total. The second-order valence-electron chi connectivity index (χ2n) is 7.05. The fourth-order valence-corrected chi connectivity index (χ4v) is 2.70. The Hall–Kier alpha value is -3.35. The summed E-state index contributed by atoms with van der Waals surface area (Å²) in [6, 6.07) is 10.4. The number of nitrogens with zero attached hydrogens (tertiary/aromatic N) is 2. The molecule has 30 heavy (non-hydrogen) atoms. The molecule has 158 valence electrons. The summed E-state index contributed by atoms with van der Waals surface area (Å²) >= 11 is 0. The second kappa shape index (κ2) is 10.4. The van der Waals surface area contributed by atoms with Gasteiger partial charge in [-0.05, 0) is 56.2 Å². The van der Waals surface area contributed by atoms with E-state index in [1.54, 1.807) is 18.2 Å². The minimum atomic E-state index is -0.755. The van der Waals surface area contributed by atoms with Crippen LogP contribution in [0.2, 0.25) is 0 Å². The maximum Gasteiger partial charge on any atom is 0.280 e. The molecule has 0 aromatic heterocycles. The number of carbonyl (C=O) groups is 1.